The van der Waals surface area contributed by atoms with Gasteiger partial charge in [0.1, 0.15) is 17.3 Å². The summed E-state index contributed by atoms with van der Waals surface area (Å²) in [6.45, 7) is 1.56. The summed E-state index contributed by atoms with van der Waals surface area (Å²) < 4.78 is 8.33. The number of nitrogens with zero attached hydrogens (tertiary/aromatic N) is 2. The quantitative estimate of drug-likeness (QED) is 0.215. The highest BCUT2D eigenvalue weighted by Gasteiger charge is 2.21. The number of nitrogen functional groups attached to an aromatic ring is 1. The number of amides is 2. The number of carbonyl (C=O) groups excluding carboxylic acids is 2. The van der Waals surface area contributed by atoms with Gasteiger partial charge in [-0.3, -0.25) is 9.59 Å². The highest BCUT2D eigenvalue weighted by molar-refractivity contribution is 7.18. The van der Waals surface area contributed by atoms with E-state index in [1.54, 1.807) is 13.3 Å². The van der Waals surface area contributed by atoms with Crippen LogP contribution in [0.4, 0.5) is 11.5 Å². The van der Waals surface area contributed by atoms with Crippen LogP contribution >= 0.6 is 11.3 Å². The monoisotopic (exact) mass is 568 g/mol. The van der Waals surface area contributed by atoms with Crippen molar-refractivity contribution in [3.05, 3.63) is 71.4 Å². The maximum atomic E-state index is 13.2. The van der Waals surface area contributed by atoms with Gasteiger partial charge in [-0.05, 0) is 54.6 Å². The van der Waals surface area contributed by atoms with Gasteiger partial charge < -0.3 is 31.0 Å². The zero-order chi connectivity index (χ0) is 28.5. The first-order valence-corrected chi connectivity index (χ1v) is 14.5. The molecule has 1 fully saturated rings. The van der Waals surface area contributed by atoms with Gasteiger partial charge in [-0.2, -0.15) is 0 Å². The van der Waals surface area contributed by atoms with E-state index in [-0.39, 0.29) is 17.9 Å². The molecule has 0 aliphatic carbocycles. The van der Waals surface area contributed by atoms with Gasteiger partial charge in [-0.1, -0.05) is 30.7 Å². The summed E-state index contributed by atoms with van der Waals surface area (Å²) in [5.74, 6) is 0.471. The number of thiophene rings is 1. The molecule has 9 nitrogen and oxygen atoms in total. The number of benzene rings is 2. The second-order valence-electron chi connectivity index (χ2n) is 10.3. The first-order valence-electron chi connectivity index (χ1n) is 13.7. The van der Waals surface area contributed by atoms with Gasteiger partial charge in [0.05, 0.1) is 23.1 Å². The maximum absolute atomic E-state index is 13.2. The number of pyridine rings is 1. The first-order chi connectivity index (χ1) is 19.9. The molecule has 0 radical (unpaired) electrons. The Labute approximate surface area is 241 Å². The number of anilines is 2. The van der Waals surface area contributed by atoms with Crippen LogP contribution in [-0.4, -0.2) is 47.6 Å². The number of nitrogens with two attached hydrogens (primary N) is 1. The molecular formula is C31H32N6O3S. The summed E-state index contributed by atoms with van der Waals surface area (Å²) in [6.07, 6.45) is 4.95. The predicted molar refractivity (Wildman–Crippen MR) is 165 cm³/mol. The van der Waals surface area contributed by atoms with E-state index in [1.165, 1.54) is 24.2 Å². The summed E-state index contributed by atoms with van der Waals surface area (Å²) in [5, 5.41) is 13.2. The van der Waals surface area contributed by atoms with Crippen molar-refractivity contribution >= 4 is 55.6 Å². The summed E-state index contributed by atoms with van der Waals surface area (Å²) >= 11 is 1.46. The minimum Gasteiger partial charge on any atom is -0.495 e. The number of hydrogen-bond acceptors (Lipinski definition) is 7. The minimum atomic E-state index is -0.233. The molecular weight excluding hydrogens is 536 g/mol. The van der Waals surface area contributed by atoms with E-state index in [0.717, 1.165) is 45.1 Å². The molecule has 0 bridgehead atoms. The number of piperidine rings is 1. The molecule has 1 aliphatic heterocycles. The van der Waals surface area contributed by atoms with Crippen LogP contribution in [0.15, 0.2) is 60.1 Å². The largest absolute Gasteiger partial charge is 0.495 e. The summed E-state index contributed by atoms with van der Waals surface area (Å²) in [7, 11) is 3.44. The average Bonchev–Trinajstić information content (AvgIpc) is 3.59. The number of methoxy groups -OCH3 is 1. The Kier molecular flexibility index (Phi) is 7.34. The third kappa shape index (κ3) is 5.12. The van der Waals surface area contributed by atoms with Crippen LogP contribution in [0.3, 0.4) is 0 Å². The smallest absolute Gasteiger partial charge is 0.272 e. The average molecular weight is 569 g/mol. The van der Waals surface area contributed by atoms with Crippen molar-refractivity contribution in [2.24, 2.45) is 7.05 Å². The second-order valence-corrected chi connectivity index (χ2v) is 11.2. The van der Waals surface area contributed by atoms with Crippen molar-refractivity contribution in [1.82, 2.24) is 20.2 Å². The lowest BCUT2D eigenvalue weighted by atomic mass is 10.0. The Balaban J connectivity index is 1.27. The molecule has 5 aromatic rings. The van der Waals surface area contributed by atoms with Crippen LogP contribution in [0.2, 0.25) is 0 Å². The van der Waals surface area contributed by atoms with Crippen molar-refractivity contribution < 1.29 is 14.3 Å². The van der Waals surface area contributed by atoms with Crippen LogP contribution in [0.5, 0.6) is 5.75 Å². The van der Waals surface area contributed by atoms with Crippen LogP contribution in [0, 0.1) is 0 Å². The van der Waals surface area contributed by atoms with Crippen molar-refractivity contribution in [3.8, 4) is 16.9 Å². The lowest BCUT2D eigenvalue weighted by molar-refractivity contribution is 0.0948. The number of aromatic nitrogens is 2. The number of ether oxygens (including phenoxy) is 1. The summed E-state index contributed by atoms with van der Waals surface area (Å²) in [4.78, 5) is 30.7. The fraction of sp³-hybridized carbons (Fsp3) is 0.258. The first kappa shape index (κ1) is 26.8. The molecule has 3 aromatic heterocycles. The Bertz CT molecular complexity index is 1770. The number of para-hydroxylation sites is 1. The van der Waals surface area contributed by atoms with Crippen molar-refractivity contribution in [2.75, 3.05) is 31.2 Å². The topological polar surface area (TPSA) is 123 Å². The molecule has 0 spiro atoms. The van der Waals surface area contributed by atoms with Gasteiger partial charge in [0.25, 0.3) is 11.8 Å². The van der Waals surface area contributed by atoms with Crippen LogP contribution < -0.4 is 26.4 Å². The number of carbonyl (C=O) groups is 2. The molecule has 0 saturated carbocycles. The van der Waals surface area contributed by atoms with Gasteiger partial charge in [0, 0.05) is 47.7 Å². The Morgan fingerprint density at radius 2 is 2.02 bits per heavy atom. The fourth-order valence-corrected chi connectivity index (χ4v) is 6.60. The van der Waals surface area contributed by atoms with E-state index in [2.05, 4.69) is 20.9 Å². The summed E-state index contributed by atoms with van der Waals surface area (Å²) in [5.41, 5.74) is 10.6. The van der Waals surface area contributed by atoms with E-state index >= 15 is 0 Å². The SMILES string of the molecule is COc1cc(-c2csc3c(C(=O)NCC4CCCCN4)cnc(N)c23)ccc1NC(=O)c1cc2ccccc2n1C. The molecule has 4 heterocycles. The van der Waals surface area contributed by atoms with Crippen molar-refractivity contribution in [2.45, 2.75) is 25.3 Å². The molecule has 1 aliphatic rings. The third-order valence-electron chi connectivity index (χ3n) is 7.74. The van der Waals surface area contributed by atoms with Gasteiger partial charge in [0.15, 0.2) is 0 Å². The molecule has 2 amide bonds. The molecule has 1 unspecified atom stereocenters. The number of nitrogens with one attached hydrogen (secondary N) is 3. The van der Waals surface area contributed by atoms with Crippen molar-refractivity contribution in [3.63, 3.8) is 0 Å². The van der Waals surface area contributed by atoms with Gasteiger partial charge in [0.2, 0.25) is 0 Å². The predicted octanol–water partition coefficient (Wildman–Crippen LogP) is 5.17. The van der Waals surface area contributed by atoms with E-state index in [4.69, 9.17) is 10.5 Å². The molecule has 10 heteroatoms. The lowest BCUT2D eigenvalue weighted by Gasteiger charge is -2.23. The number of aryl methyl sites for hydroxylation is 1. The van der Waals surface area contributed by atoms with Gasteiger partial charge >= 0.3 is 0 Å². The van der Waals surface area contributed by atoms with Crippen LogP contribution in [-0.2, 0) is 7.05 Å². The van der Waals surface area contributed by atoms with E-state index < -0.39 is 0 Å². The van der Waals surface area contributed by atoms with Gasteiger partial charge in [-0.15, -0.1) is 11.3 Å². The molecule has 210 valence electrons. The molecule has 5 N–H and O–H groups in total. The fourth-order valence-electron chi connectivity index (χ4n) is 5.51. The number of fused-ring (bicyclic) bond motifs is 2. The van der Waals surface area contributed by atoms with E-state index in [1.807, 2.05) is 65.5 Å². The number of rotatable bonds is 7. The van der Waals surface area contributed by atoms with Crippen molar-refractivity contribution in [1.29, 1.82) is 0 Å². The highest BCUT2D eigenvalue weighted by Crippen LogP contribution is 2.41. The zero-order valence-corrected chi connectivity index (χ0v) is 23.8. The van der Waals surface area contributed by atoms with E-state index in [0.29, 0.717) is 35.1 Å². The van der Waals surface area contributed by atoms with Crippen LogP contribution in [0.1, 0.15) is 40.1 Å². The molecule has 6 rings (SSSR count). The van der Waals surface area contributed by atoms with Crippen LogP contribution in [0.25, 0.3) is 32.1 Å². The normalized spacial score (nSPS) is 15.2. The zero-order valence-electron chi connectivity index (χ0n) is 23.0. The highest BCUT2D eigenvalue weighted by atomic mass is 32.1. The summed E-state index contributed by atoms with van der Waals surface area (Å²) in [6, 6.07) is 15.6. The van der Waals surface area contributed by atoms with Gasteiger partial charge in [-0.25, -0.2) is 4.98 Å². The maximum Gasteiger partial charge on any atom is 0.272 e. The number of hydrogen-bond donors (Lipinski definition) is 4. The second kappa shape index (κ2) is 11.2. The van der Waals surface area contributed by atoms with E-state index in [9.17, 15) is 9.59 Å². The Hall–Kier alpha value is -4.41. The molecule has 1 atom stereocenters. The molecule has 41 heavy (non-hydrogen) atoms. The molecule has 1 saturated heterocycles. The standard InChI is InChI=1S/C31H32N6O3S/c1-37-24-9-4-3-7-19(24)13-25(37)31(39)36-23-11-10-18(14-26(23)40-2)22-17-41-28-21(16-34-29(32)27(22)28)30(38)35-15-20-8-5-6-12-33-20/h3-4,7,9-11,13-14,16-17,20,33H,5-6,8,12,15H2,1-2H3,(H2,32,34)(H,35,38)(H,36,39). The minimum absolute atomic E-state index is 0.160. The molecule has 2 aromatic carbocycles. The lowest BCUT2D eigenvalue weighted by Crippen LogP contribution is -2.43. The Morgan fingerprint density at radius 3 is 2.80 bits per heavy atom. The third-order valence-corrected chi connectivity index (χ3v) is 8.75. The Morgan fingerprint density at radius 1 is 1.17 bits per heavy atom.